The third-order valence-electron chi connectivity index (χ3n) is 3.35. The summed E-state index contributed by atoms with van der Waals surface area (Å²) >= 11 is 0. The largest absolute Gasteiger partial charge is 0.0657 e. The van der Waals surface area contributed by atoms with E-state index in [1.165, 1.54) is 44.9 Å². The first-order chi connectivity index (χ1) is 6.38. The van der Waals surface area contributed by atoms with Crippen LogP contribution >= 0.6 is 0 Å². The summed E-state index contributed by atoms with van der Waals surface area (Å²) in [5, 5.41) is 0. The fourth-order valence-electron chi connectivity index (χ4n) is 2.66. The molecule has 1 aliphatic carbocycles. The predicted octanol–water partition coefficient (Wildman–Crippen LogP) is 4.11. The number of hydrogen-bond donors (Lipinski definition) is 0. The van der Waals surface area contributed by atoms with Gasteiger partial charge in [-0.15, -0.1) is 0 Å². The Hall–Kier alpha value is 0.217. The van der Waals surface area contributed by atoms with E-state index in [2.05, 4.69) is 19.4 Å². The Morgan fingerprint density at radius 1 is 0.923 bits per heavy atom. The third-order valence-corrected chi connectivity index (χ3v) is 7.63. The zero-order chi connectivity index (χ0) is 9.52. The smallest absolute Gasteiger partial charge is 0.0436 e. The lowest BCUT2D eigenvalue weighted by Gasteiger charge is -2.28. The molecule has 0 aromatic carbocycles. The van der Waals surface area contributed by atoms with Crippen LogP contribution in [0.3, 0.4) is 0 Å². The van der Waals surface area contributed by atoms with E-state index in [1.54, 1.807) is 12.1 Å². The SMILES string of the molecule is CCC[SiH](CCC)[C]1CCCCC1. The molecule has 1 fully saturated rings. The summed E-state index contributed by atoms with van der Waals surface area (Å²) in [6, 6.07) is 3.17. The summed E-state index contributed by atoms with van der Waals surface area (Å²) in [7, 11) is -0.398. The zero-order valence-corrected chi connectivity index (χ0v) is 10.6. The molecule has 77 valence electrons. The van der Waals surface area contributed by atoms with Crippen molar-refractivity contribution in [3.63, 3.8) is 0 Å². The van der Waals surface area contributed by atoms with Crippen LogP contribution in [0, 0.1) is 5.54 Å². The van der Waals surface area contributed by atoms with E-state index in [0.29, 0.717) is 0 Å². The molecular weight excluding hydrogens is 172 g/mol. The number of hydrogen-bond acceptors (Lipinski definition) is 0. The summed E-state index contributed by atoms with van der Waals surface area (Å²) in [4.78, 5) is 0. The van der Waals surface area contributed by atoms with Crippen molar-refractivity contribution in [3.05, 3.63) is 5.54 Å². The molecule has 0 N–H and O–H groups in total. The Balaban J connectivity index is 2.32. The molecule has 0 amide bonds. The van der Waals surface area contributed by atoms with Crippen LogP contribution in [0.5, 0.6) is 0 Å². The first-order valence-corrected chi connectivity index (χ1v) is 8.44. The van der Waals surface area contributed by atoms with Crippen molar-refractivity contribution in [1.29, 1.82) is 0 Å². The third kappa shape index (κ3) is 3.84. The molecule has 0 unspecified atom stereocenters. The van der Waals surface area contributed by atoms with Gasteiger partial charge in [0.1, 0.15) is 0 Å². The van der Waals surface area contributed by atoms with Gasteiger partial charge in [0, 0.05) is 8.80 Å². The zero-order valence-electron chi connectivity index (χ0n) is 9.44. The molecule has 0 aliphatic heterocycles. The minimum absolute atomic E-state index is 0.398. The van der Waals surface area contributed by atoms with Gasteiger partial charge in [0.15, 0.2) is 0 Å². The van der Waals surface area contributed by atoms with Crippen molar-refractivity contribution in [2.24, 2.45) is 0 Å². The molecule has 0 aromatic heterocycles. The van der Waals surface area contributed by atoms with Crippen molar-refractivity contribution < 1.29 is 0 Å². The number of rotatable bonds is 5. The maximum Gasteiger partial charge on any atom is 0.0436 e. The highest BCUT2D eigenvalue weighted by Gasteiger charge is 2.23. The van der Waals surface area contributed by atoms with Gasteiger partial charge in [0.05, 0.1) is 0 Å². The minimum Gasteiger partial charge on any atom is -0.0657 e. The van der Waals surface area contributed by atoms with Crippen LogP contribution < -0.4 is 0 Å². The lowest BCUT2D eigenvalue weighted by atomic mass is 10.0. The molecule has 0 nitrogen and oxygen atoms in total. The van der Waals surface area contributed by atoms with Crippen LogP contribution in [0.25, 0.3) is 0 Å². The molecule has 0 atom stereocenters. The highest BCUT2D eigenvalue weighted by molar-refractivity contribution is 6.64. The van der Waals surface area contributed by atoms with Gasteiger partial charge in [-0.2, -0.15) is 0 Å². The van der Waals surface area contributed by atoms with E-state index in [1.807, 2.05) is 0 Å². The van der Waals surface area contributed by atoms with Crippen molar-refractivity contribution in [1.82, 2.24) is 0 Å². The second-order valence-electron chi connectivity index (χ2n) is 4.49. The second kappa shape index (κ2) is 6.64. The molecule has 0 heterocycles. The molecule has 0 bridgehead atoms. The van der Waals surface area contributed by atoms with E-state index < -0.39 is 8.80 Å². The first kappa shape index (κ1) is 11.3. The van der Waals surface area contributed by atoms with Crippen molar-refractivity contribution in [2.45, 2.75) is 70.9 Å². The first-order valence-electron chi connectivity index (χ1n) is 6.23. The highest BCUT2D eigenvalue weighted by atomic mass is 28.3. The summed E-state index contributed by atoms with van der Waals surface area (Å²) in [6.07, 6.45) is 10.4. The Morgan fingerprint density at radius 2 is 1.46 bits per heavy atom. The normalized spacial score (nSPS) is 19.6. The summed E-state index contributed by atoms with van der Waals surface area (Å²) in [6.45, 7) is 4.72. The fourth-order valence-corrected chi connectivity index (χ4v) is 6.39. The van der Waals surface area contributed by atoms with Gasteiger partial charge in [-0.3, -0.25) is 0 Å². The predicted molar refractivity (Wildman–Crippen MR) is 63.7 cm³/mol. The summed E-state index contributed by atoms with van der Waals surface area (Å²) < 4.78 is 0. The van der Waals surface area contributed by atoms with E-state index in [4.69, 9.17) is 0 Å². The fraction of sp³-hybridized carbons (Fsp3) is 0.917. The van der Waals surface area contributed by atoms with Gasteiger partial charge >= 0.3 is 0 Å². The van der Waals surface area contributed by atoms with Crippen molar-refractivity contribution in [3.8, 4) is 0 Å². The topological polar surface area (TPSA) is 0 Å². The quantitative estimate of drug-likeness (QED) is 0.582. The Morgan fingerprint density at radius 3 is 1.92 bits per heavy atom. The van der Waals surface area contributed by atoms with E-state index in [0.717, 1.165) is 0 Å². The van der Waals surface area contributed by atoms with E-state index in [9.17, 15) is 0 Å². The maximum absolute atomic E-state index is 2.36. The molecule has 1 saturated carbocycles. The van der Waals surface area contributed by atoms with Gasteiger partial charge in [0.2, 0.25) is 0 Å². The van der Waals surface area contributed by atoms with Gasteiger partial charge < -0.3 is 0 Å². The second-order valence-corrected chi connectivity index (χ2v) is 7.86. The van der Waals surface area contributed by atoms with Crippen LogP contribution in [0.2, 0.25) is 12.1 Å². The van der Waals surface area contributed by atoms with Crippen LogP contribution in [0.15, 0.2) is 0 Å². The van der Waals surface area contributed by atoms with Gasteiger partial charge in [-0.1, -0.05) is 58.0 Å². The van der Waals surface area contributed by atoms with Crippen LogP contribution in [0.1, 0.15) is 58.8 Å². The maximum atomic E-state index is 2.36. The standard InChI is InChI=1S/C12H25Si/c1-3-10-13(11-4-2)12-8-6-5-7-9-12/h13H,3-11H2,1-2H3. The van der Waals surface area contributed by atoms with Gasteiger partial charge in [0.25, 0.3) is 0 Å². The van der Waals surface area contributed by atoms with Crippen molar-refractivity contribution >= 4 is 8.80 Å². The molecule has 1 radical (unpaired) electrons. The molecular formula is C12H25Si. The minimum atomic E-state index is -0.398. The van der Waals surface area contributed by atoms with Crippen LogP contribution in [0.4, 0.5) is 0 Å². The molecule has 13 heavy (non-hydrogen) atoms. The van der Waals surface area contributed by atoms with Gasteiger partial charge in [-0.05, 0) is 18.4 Å². The van der Waals surface area contributed by atoms with E-state index >= 15 is 0 Å². The Labute approximate surface area is 85.7 Å². The highest BCUT2D eigenvalue weighted by Crippen LogP contribution is 2.31. The molecule has 0 spiro atoms. The molecule has 1 heteroatoms. The summed E-state index contributed by atoms with van der Waals surface area (Å²) in [5.74, 6) is 0. The lowest BCUT2D eigenvalue weighted by molar-refractivity contribution is 0.568. The average Bonchev–Trinajstić information content (AvgIpc) is 2.19. The molecule has 1 aliphatic rings. The Kier molecular flexibility index (Phi) is 5.77. The van der Waals surface area contributed by atoms with E-state index in [-0.39, 0.29) is 0 Å². The molecule has 0 saturated heterocycles. The monoisotopic (exact) mass is 197 g/mol. The average molecular weight is 197 g/mol. The van der Waals surface area contributed by atoms with Crippen LogP contribution in [-0.2, 0) is 0 Å². The van der Waals surface area contributed by atoms with Gasteiger partial charge in [-0.25, -0.2) is 0 Å². The molecule has 0 aromatic rings. The Bertz CT molecular complexity index is 110. The van der Waals surface area contributed by atoms with Crippen molar-refractivity contribution in [2.75, 3.05) is 0 Å². The lowest BCUT2D eigenvalue weighted by Crippen LogP contribution is -2.25. The summed E-state index contributed by atoms with van der Waals surface area (Å²) in [5.41, 5.74) is 2.05. The molecule has 1 rings (SSSR count). The van der Waals surface area contributed by atoms with Crippen LogP contribution in [-0.4, -0.2) is 8.80 Å².